The second-order valence-electron chi connectivity index (χ2n) is 2.13. The molecule has 0 amide bonds. The minimum absolute atomic E-state index is 0. The number of nitrogens with zero attached hydrogens (tertiary/aromatic N) is 1. The predicted molar refractivity (Wildman–Crippen MR) is 46.0 cm³/mol. The Balaban J connectivity index is 0.000000605. The van der Waals surface area contributed by atoms with Gasteiger partial charge < -0.3 is 4.74 Å². The maximum Gasteiger partial charge on any atom is 0.130 e. The minimum atomic E-state index is 0. The Bertz CT molecular complexity index is 273. The van der Waals surface area contributed by atoms with Crippen LogP contribution in [0.3, 0.4) is 0 Å². The van der Waals surface area contributed by atoms with E-state index in [4.69, 9.17) is 4.74 Å². The summed E-state index contributed by atoms with van der Waals surface area (Å²) in [6.45, 7) is 0.678. The Morgan fingerprint density at radius 2 is 2.36 bits per heavy atom. The molecule has 0 saturated carbocycles. The van der Waals surface area contributed by atoms with Crippen LogP contribution in [0.1, 0.15) is 5.56 Å². The molecule has 0 N–H and O–H groups in total. The zero-order valence-electron chi connectivity index (χ0n) is 5.86. The van der Waals surface area contributed by atoms with Gasteiger partial charge in [-0.15, -0.1) is 12.4 Å². The lowest BCUT2D eigenvalue weighted by molar-refractivity contribution is 0.358. The molecule has 2 rings (SSSR count). The van der Waals surface area contributed by atoms with Crippen LogP contribution in [0.15, 0.2) is 24.5 Å². The zero-order chi connectivity index (χ0) is 6.81. The molecule has 0 unspecified atom stereocenters. The van der Waals surface area contributed by atoms with Gasteiger partial charge in [-0.3, -0.25) is 4.98 Å². The van der Waals surface area contributed by atoms with Crippen molar-refractivity contribution in [2.24, 2.45) is 0 Å². The molecule has 0 spiro atoms. The summed E-state index contributed by atoms with van der Waals surface area (Å²) in [5.74, 6) is 0.928. The summed E-state index contributed by atoms with van der Waals surface area (Å²) in [6, 6.07) is 1.87. The van der Waals surface area contributed by atoms with Gasteiger partial charge in [-0.1, -0.05) is 6.08 Å². The molecule has 1 aromatic heterocycles. The van der Waals surface area contributed by atoms with Crippen molar-refractivity contribution in [3.8, 4) is 5.75 Å². The number of hydrogen-bond acceptors (Lipinski definition) is 2. The van der Waals surface area contributed by atoms with E-state index in [1.165, 1.54) is 0 Å². The molecule has 3 heteroatoms. The van der Waals surface area contributed by atoms with Crippen LogP contribution in [0.25, 0.3) is 6.08 Å². The van der Waals surface area contributed by atoms with Crippen LogP contribution in [-0.4, -0.2) is 11.6 Å². The minimum Gasteiger partial charge on any atom is -0.489 e. The third-order valence-electron chi connectivity index (χ3n) is 1.44. The van der Waals surface area contributed by atoms with Gasteiger partial charge in [0.1, 0.15) is 12.4 Å². The number of pyridine rings is 1. The second kappa shape index (κ2) is 3.39. The van der Waals surface area contributed by atoms with Gasteiger partial charge in [-0.2, -0.15) is 0 Å². The molecule has 0 fully saturated rings. The SMILES string of the molecule is C1=Cc2cnccc2OC1.Cl. The van der Waals surface area contributed by atoms with Crippen molar-refractivity contribution in [3.05, 3.63) is 30.1 Å². The Morgan fingerprint density at radius 3 is 3.18 bits per heavy atom. The van der Waals surface area contributed by atoms with E-state index in [1.54, 1.807) is 12.4 Å². The van der Waals surface area contributed by atoms with E-state index in [-0.39, 0.29) is 12.4 Å². The van der Waals surface area contributed by atoms with Gasteiger partial charge in [-0.05, 0) is 12.1 Å². The summed E-state index contributed by atoms with van der Waals surface area (Å²) in [4.78, 5) is 3.97. The third-order valence-corrected chi connectivity index (χ3v) is 1.44. The molecule has 2 nitrogen and oxygen atoms in total. The van der Waals surface area contributed by atoms with E-state index in [2.05, 4.69) is 4.98 Å². The van der Waals surface area contributed by atoms with Crippen molar-refractivity contribution in [3.63, 3.8) is 0 Å². The van der Waals surface area contributed by atoms with E-state index < -0.39 is 0 Å². The molecule has 0 atom stereocenters. The molecule has 0 radical (unpaired) electrons. The van der Waals surface area contributed by atoms with E-state index in [0.29, 0.717) is 6.61 Å². The van der Waals surface area contributed by atoms with Crippen LogP contribution in [0.5, 0.6) is 5.75 Å². The van der Waals surface area contributed by atoms with Gasteiger partial charge in [0.25, 0.3) is 0 Å². The second-order valence-corrected chi connectivity index (χ2v) is 2.13. The van der Waals surface area contributed by atoms with E-state index >= 15 is 0 Å². The third kappa shape index (κ3) is 1.52. The monoisotopic (exact) mass is 169 g/mol. The number of fused-ring (bicyclic) bond motifs is 1. The van der Waals surface area contributed by atoms with Gasteiger partial charge in [-0.25, -0.2) is 0 Å². The quantitative estimate of drug-likeness (QED) is 0.592. The Labute approximate surface area is 71.3 Å². The van der Waals surface area contributed by atoms with Gasteiger partial charge in [0.15, 0.2) is 0 Å². The maximum atomic E-state index is 5.30. The van der Waals surface area contributed by atoms with Gasteiger partial charge in [0.05, 0.1) is 0 Å². The van der Waals surface area contributed by atoms with Gasteiger partial charge in [0.2, 0.25) is 0 Å². The first-order valence-electron chi connectivity index (χ1n) is 3.20. The topological polar surface area (TPSA) is 22.1 Å². The summed E-state index contributed by atoms with van der Waals surface area (Å²) in [5.41, 5.74) is 1.06. The molecular formula is C8H8ClNO. The van der Waals surface area contributed by atoms with Crippen molar-refractivity contribution in [1.82, 2.24) is 4.98 Å². The average molecular weight is 170 g/mol. The fourth-order valence-corrected chi connectivity index (χ4v) is 0.963. The highest BCUT2D eigenvalue weighted by molar-refractivity contribution is 5.85. The van der Waals surface area contributed by atoms with E-state index in [0.717, 1.165) is 11.3 Å². The van der Waals surface area contributed by atoms with Crippen LogP contribution in [-0.2, 0) is 0 Å². The van der Waals surface area contributed by atoms with E-state index in [9.17, 15) is 0 Å². The molecule has 58 valence electrons. The largest absolute Gasteiger partial charge is 0.489 e. The first kappa shape index (κ1) is 8.08. The van der Waals surface area contributed by atoms with Crippen LogP contribution in [0.2, 0.25) is 0 Å². The van der Waals surface area contributed by atoms with Crippen molar-refractivity contribution in [1.29, 1.82) is 0 Å². The molecule has 0 bridgehead atoms. The van der Waals surface area contributed by atoms with Gasteiger partial charge in [0, 0.05) is 18.0 Å². The molecule has 11 heavy (non-hydrogen) atoms. The fourth-order valence-electron chi connectivity index (χ4n) is 0.963. The normalized spacial score (nSPS) is 12.7. The maximum absolute atomic E-state index is 5.30. The molecule has 1 aromatic rings. The predicted octanol–water partition coefficient (Wildman–Crippen LogP) is 1.91. The fraction of sp³-hybridized carbons (Fsp3) is 0.125. The van der Waals surface area contributed by atoms with Gasteiger partial charge >= 0.3 is 0 Å². The zero-order valence-corrected chi connectivity index (χ0v) is 6.67. The average Bonchev–Trinajstić information content (AvgIpc) is 2.05. The van der Waals surface area contributed by atoms with Crippen LogP contribution in [0, 0.1) is 0 Å². The number of halogens is 1. The molecule has 0 aliphatic carbocycles. The standard InChI is InChI=1S/C8H7NO.ClH/c1-2-7-6-9-4-3-8(7)10-5-1;/h1-4,6H,5H2;1H. The smallest absolute Gasteiger partial charge is 0.130 e. The summed E-state index contributed by atoms with van der Waals surface area (Å²) >= 11 is 0. The van der Waals surface area contributed by atoms with Crippen molar-refractivity contribution in [2.75, 3.05) is 6.61 Å². The van der Waals surface area contributed by atoms with Crippen molar-refractivity contribution in [2.45, 2.75) is 0 Å². The lowest BCUT2D eigenvalue weighted by atomic mass is 10.2. The number of aromatic nitrogens is 1. The first-order valence-corrected chi connectivity index (χ1v) is 3.20. The Hall–Kier alpha value is -1.02. The molecular weight excluding hydrogens is 162 g/mol. The highest BCUT2D eigenvalue weighted by Gasteiger charge is 2.01. The molecule has 2 heterocycles. The lowest BCUT2D eigenvalue weighted by Crippen LogP contribution is -1.99. The number of ether oxygens (including phenoxy) is 1. The Morgan fingerprint density at radius 1 is 1.45 bits per heavy atom. The van der Waals surface area contributed by atoms with E-state index in [1.807, 2.05) is 18.2 Å². The summed E-state index contributed by atoms with van der Waals surface area (Å²) in [7, 11) is 0. The Kier molecular flexibility index (Phi) is 2.49. The number of hydrogen-bond donors (Lipinski definition) is 0. The van der Waals surface area contributed by atoms with Crippen molar-refractivity contribution < 1.29 is 4.74 Å². The summed E-state index contributed by atoms with van der Waals surface area (Å²) in [6.07, 6.45) is 7.53. The number of rotatable bonds is 0. The highest BCUT2D eigenvalue weighted by Crippen LogP contribution is 2.20. The first-order chi connectivity index (χ1) is 4.97. The molecule has 1 aliphatic heterocycles. The summed E-state index contributed by atoms with van der Waals surface area (Å²) in [5, 5.41) is 0. The lowest BCUT2D eigenvalue weighted by Gasteiger charge is -2.09. The molecule has 0 aromatic carbocycles. The van der Waals surface area contributed by atoms with Crippen LogP contribution < -0.4 is 4.74 Å². The van der Waals surface area contributed by atoms with Crippen LogP contribution in [0.4, 0.5) is 0 Å². The highest BCUT2D eigenvalue weighted by atomic mass is 35.5. The van der Waals surface area contributed by atoms with Crippen molar-refractivity contribution >= 4 is 18.5 Å². The molecule has 0 saturated heterocycles. The molecule has 1 aliphatic rings. The van der Waals surface area contributed by atoms with Crippen LogP contribution >= 0.6 is 12.4 Å². The summed E-state index contributed by atoms with van der Waals surface area (Å²) < 4.78 is 5.30.